The highest BCUT2D eigenvalue weighted by atomic mass is 16.5. The van der Waals surface area contributed by atoms with E-state index in [2.05, 4.69) is 38.1 Å². The Hall–Kier alpha value is -2.95. The molecule has 0 aliphatic rings. The van der Waals surface area contributed by atoms with E-state index in [1.165, 1.54) is 27.8 Å². The lowest BCUT2D eigenvalue weighted by Crippen LogP contribution is -2.12. The summed E-state index contributed by atoms with van der Waals surface area (Å²) < 4.78 is 5.54. The Balaban J connectivity index is 1.65. The van der Waals surface area contributed by atoms with Crippen LogP contribution in [0, 0.1) is 19.8 Å². The van der Waals surface area contributed by atoms with Gasteiger partial charge in [0.05, 0.1) is 0 Å². The molecule has 0 atom stereocenters. The molecule has 34 heavy (non-hydrogen) atoms. The van der Waals surface area contributed by atoms with Crippen LogP contribution in [0.2, 0.25) is 0 Å². The Labute approximate surface area is 203 Å². The lowest BCUT2D eigenvalue weighted by molar-refractivity contribution is -0.134. The smallest absolute Gasteiger partial charge is 0.311 e. The molecule has 0 aliphatic carbocycles. The molecule has 0 unspecified atom stereocenters. The van der Waals surface area contributed by atoms with Crippen molar-refractivity contribution in [1.82, 2.24) is 0 Å². The normalized spacial score (nSPS) is 11.1. The highest BCUT2D eigenvalue weighted by molar-refractivity contribution is 5.74. The summed E-state index contributed by atoms with van der Waals surface area (Å²) in [5.41, 5.74) is 8.32. The highest BCUT2D eigenvalue weighted by Gasteiger charge is 2.12. The van der Waals surface area contributed by atoms with E-state index in [0.717, 1.165) is 30.4 Å². The van der Waals surface area contributed by atoms with Gasteiger partial charge in [-0.25, -0.2) is 0 Å². The molecule has 0 amide bonds. The van der Waals surface area contributed by atoms with E-state index in [-0.39, 0.29) is 25.1 Å². The van der Waals surface area contributed by atoms with Gasteiger partial charge in [-0.15, -0.1) is 0 Å². The molecule has 0 aliphatic heterocycles. The van der Waals surface area contributed by atoms with Crippen LogP contribution in [0.4, 0.5) is 0 Å². The fourth-order valence-corrected chi connectivity index (χ4v) is 4.17. The molecular weight excluding hydrogens is 424 g/mol. The van der Waals surface area contributed by atoms with Crippen molar-refractivity contribution in [3.63, 3.8) is 0 Å². The third kappa shape index (κ3) is 7.02. The first-order valence-corrected chi connectivity index (χ1v) is 12.1. The largest absolute Gasteiger partial charge is 0.427 e. The minimum Gasteiger partial charge on any atom is -0.427 e. The number of hydrogen-bond acceptors (Lipinski definition) is 4. The molecule has 0 heterocycles. The molecule has 0 spiro atoms. The average molecular weight is 461 g/mol. The quantitative estimate of drug-likeness (QED) is 0.289. The number of aliphatic hydroxyl groups excluding tert-OH is 2. The number of esters is 1. The van der Waals surface area contributed by atoms with Gasteiger partial charge in [0.15, 0.2) is 0 Å². The van der Waals surface area contributed by atoms with Crippen molar-refractivity contribution in [2.24, 2.45) is 5.92 Å². The lowest BCUT2D eigenvalue weighted by Gasteiger charge is -2.16. The zero-order valence-corrected chi connectivity index (χ0v) is 20.5. The monoisotopic (exact) mass is 460 g/mol. The molecule has 0 aromatic heterocycles. The summed E-state index contributed by atoms with van der Waals surface area (Å²) in [7, 11) is 0. The van der Waals surface area contributed by atoms with Crippen molar-refractivity contribution in [1.29, 1.82) is 0 Å². The first kappa shape index (κ1) is 25.7. The molecule has 180 valence electrons. The zero-order valence-electron chi connectivity index (χ0n) is 20.5. The summed E-state index contributed by atoms with van der Waals surface area (Å²) in [5.74, 6) is 0.254. The van der Waals surface area contributed by atoms with Gasteiger partial charge in [0, 0.05) is 25.6 Å². The number of rotatable bonds is 11. The maximum absolute atomic E-state index is 12.3. The molecule has 3 aromatic carbocycles. The van der Waals surface area contributed by atoms with Crippen molar-refractivity contribution in [3.05, 3.63) is 88.5 Å². The molecule has 3 aromatic rings. The van der Waals surface area contributed by atoms with Crippen molar-refractivity contribution in [2.45, 2.75) is 52.9 Å². The van der Waals surface area contributed by atoms with Gasteiger partial charge in [-0.3, -0.25) is 4.79 Å². The van der Waals surface area contributed by atoms with Crippen LogP contribution in [0.3, 0.4) is 0 Å². The van der Waals surface area contributed by atoms with Crippen molar-refractivity contribution in [3.8, 4) is 16.9 Å². The summed E-state index contributed by atoms with van der Waals surface area (Å²) in [6.45, 7) is 6.32. The molecule has 0 fully saturated rings. The van der Waals surface area contributed by atoms with Gasteiger partial charge in [0.2, 0.25) is 0 Å². The molecule has 3 rings (SSSR count). The second kappa shape index (κ2) is 12.5. The molecule has 4 heteroatoms. The van der Waals surface area contributed by atoms with Gasteiger partial charge in [-0.05, 0) is 85.0 Å². The predicted octanol–water partition coefficient (Wildman–Crippen LogP) is 5.60. The van der Waals surface area contributed by atoms with Gasteiger partial charge in [-0.1, -0.05) is 61.0 Å². The van der Waals surface area contributed by atoms with E-state index in [9.17, 15) is 15.0 Å². The molecule has 4 nitrogen and oxygen atoms in total. The molecule has 0 bridgehead atoms. The van der Waals surface area contributed by atoms with Crippen LogP contribution in [0.15, 0.2) is 60.7 Å². The maximum Gasteiger partial charge on any atom is 0.311 e. The Bertz CT molecular complexity index is 1060. The Kier molecular flexibility index (Phi) is 9.43. The van der Waals surface area contributed by atoms with Crippen molar-refractivity contribution < 1.29 is 19.7 Å². The minimum absolute atomic E-state index is 0.0118. The van der Waals surface area contributed by atoms with Gasteiger partial charge in [-0.2, -0.15) is 0 Å². The summed E-state index contributed by atoms with van der Waals surface area (Å²) in [6.07, 6.45) is 3.54. The van der Waals surface area contributed by atoms with Crippen molar-refractivity contribution >= 4 is 5.97 Å². The summed E-state index contributed by atoms with van der Waals surface area (Å²) in [6, 6.07) is 20.4. The Morgan fingerprint density at radius 3 is 2.18 bits per heavy atom. The zero-order chi connectivity index (χ0) is 24.5. The molecule has 2 N–H and O–H groups in total. The van der Waals surface area contributed by atoms with Gasteiger partial charge in [0.25, 0.3) is 0 Å². The van der Waals surface area contributed by atoms with E-state index in [1.807, 2.05) is 43.3 Å². The average Bonchev–Trinajstić information content (AvgIpc) is 2.85. The number of ether oxygens (including phenoxy) is 1. The summed E-state index contributed by atoms with van der Waals surface area (Å²) in [4.78, 5) is 12.3. The standard InChI is InChI=1S/C30H36O4/c1-4-25-18-29(22(3)17-27(25)11-9-24(19-31)20-32)26-12-14-28(15-13-26)34-30(33)16-10-23-7-5-21(2)6-8-23/h5-8,12-15,17-18,24,31-32H,4,9-11,16,19-20H2,1-3H3. The van der Waals surface area contributed by atoms with E-state index in [1.54, 1.807) is 0 Å². The Morgan fingerprint density at radius 2 is 1.56 bits per heavy atom. The minimum atomic E-state index is -0.230. The fraction of sp³-hybridized carbons (Fsp3) is 0.367. The highest BCUT2D eigenvalue weighted by Crippen LogP contribution is 2.30. The van der Waals surface area contributed by atoms with Gasteiger partial charge in [0.1, 0.15) is 5.75 Å². The number of carbonyl (C=O) groups excluding carboxylic acids is 1. The second-order valence-corrected chi connectivity index (χ2v) is 9.04. The number of aryl methyl sites for hydroxylation is 5. The number of benzene rings is 3. The van der Waals surface area contributed by atoms with Crippen LogP contribution in [0.25, 0.3) is 11.1 Å². The number of hydrogen-bond donors (Lipinski definition) is 2. The van der Waals surface area contributed by atoms with Crippen LogP contribution >= 0.6 is 0 Å². The molecule has 0 saturated heterocycles. The summed E-state index contributed by atoms with van der Waals surface area (Å²) >= 11 is 0. The van der Waals surface area contributed by atoms with Gasteiger partial charge < -0.3 is 14.9 Å². The molecule has 0 radical (unpaired) electrons. The van der Waals surface area contributed by atoms with Crippen LogP contribution in [-0.4, -0.2) is 29.4 Å². The first-order chi connectivity index (χ1) is 16.4. The van der Waals surface area contributed by atoms with Crippen molar-refractivity contribution in [2.75, 3.05) is 13.2 Å². The van der Waals surface area contributed by atoms with Crippen LogP contribution in [0.1, 0.15) is 47.6 Å². The fourth-order valence-electron chi connectivity index (χ4n) is 4.17. The van der Waals surface area contributed by atoms with Crippen LogP contribution in [-0.2, 0) is 24.1 Å². The maximum atomic E-state index is 12.3. The van der Waals surface area contributed by atoms with E-state index >= 15 is 0 Å². The van der Waals surface area contributed by atoms with E-state index < -0.39 is 0 Å². The first-order valence-electron chi connectivity index (χ1n) is 12.1. The third-order valence-electron chi connectivity index (χ3n) is 6.40. The SMILES string of the molecule is CCc1cc(-c2ccc(OC(=O)CCc3ccc(C)cc3)cc2)c(C)cc1CCC(CO)CO. The van der Waals surface area contributed by atoms with Gasteiger partial charge >= 0.3 is 5.97 Å². The summed E-state index contributed by atoms with van der Waals surface area (Å²) in [5, 5.41) is 18.7. The predicted molar refractivity (Wildman–Crippen MR) is 137 cm³/mol. The van der Waals surface area contributed by atoms with E-state index in [4.69, 9.17) is 4.74 Å². The molecular formula is C30H36O4. The second-order valence-electron chi connectivity index (χ2n) is 9.04. The molecule has 0 saturated carbocycles. The lowest BCUT2D eigenvalue weighted by atomic mass is 9.90. The third-order valence-corrected chi connectivity index (χ3v) is 6.40. The van der Waals surface area contributed by atoms with Crippen LogP contribution < -0.4 is 4.74 Å². The van der Waals surface area contributed by atoms with E-state index in [0.29, 0.717) is 18.6 Å². The topological polar surface area (TPSA) is 66.8 Å². The van der Waals surface area contributed by atoms with Crippen LogP contribution in [0.5, 0.6) is 5.75 Å². The number of aliphatic hydroxyl groups is 2. The number of carbonyl (C=O) groups is 1. The Morgan fingerprint density at radius 1 is 0.882 bits per heavy atom.